The fourth-order valence-electron chi connectivity index (χ4n) is 0. The summed E-state index contributed by atoms with van der Waals surface area (Å²) in [5.74, 6) is 0. The molecule has 4 heteroatoms. The molecule has 0 aromatic rings. The molecule has 0 aliphatic carbocycles. The van der Waals surface area contributed by atoms with Crippen molar-refractivity contribution in [3.8, 4) is 0 Å². The van der Waals surface area contributed by atoms with E-state index < -0.39 is 5.30 Å². The van der Waals surface area contributed by atoms with Crippen LogP contribution in [0.1, 0.15) is 0 Å². The number of thiocarbonyl (C=S) groups is 1. The maximum atomic E-state index is 10.7. The van der Waals surface area contributed by atoms with E-state index in [1.165, 1.54) is 0 Å². The lowest BCUT2D eigenvalue weighted by molar-refractivity contribution is -0.161. The molecule has 0 aliphatic rings. The van der Waals surface area contributed by atoms with Crippen molar-refractivity contribution in [2.24, 2.45) is 0 Å². The molecule has 0 spiro atoms. The molecule has 0 aromatic carbocycles. The Morgan fingerprint density at radius 3 is 2.20 bits per heavy atom. The van der Waals surface area contributed by atoms with Crippen LogP contribution in [0.2, 0.25) is 0 Å². The van der Waals surface area contributed by atoms with Crippen LogP contribution in [0.25, 0.3) is 0 Å². The third-order valence-corrected chi connectivity index (χ3v) is 0.146. The predicted molar refractivity (Wildman–Crippen MR) is 17.4 cm³/mol. The monoisotopic (exact) mass is 96.0 g/mol. The minimum Gasteiger partial charge on any atom is -0.296 e. The zero-order valence-electron chi connectivity index (χ0n) is 2.14. The van der Waals surface area contributed by atoms with Crippen LogP contribution in [-0.2, 0) is 4.89 Å². The molecule has 5 heavy (non-hydrogen) atoms. The van der Waals surface area contributed by atoms with E-state index in [-0.39, 0.29) is 0 Å². The summed E-state index contributed by atoms with van der Waals surface area (Å²) in [6.45, 7) is 0. The van der Waals surface area contributed by atoms with E-state index >= 15 is 0 Å². The maximum absolute atomic E-state index is 10.7. The Kier molecular flexibility index (Phi) is 1.95. The third-order valence-electron chi connectivity index (χ3n) is 0.0718. The Balaban J connectivity index is 2.85. The fourth-order valence-corrected chi connectivity index (χ4v) is 0. The van der Waals surface area contributed by atoms with Crippen molar-refractivity contribution in [3.05, 3.63) is 0 Å². The topological polar surface area (TPSA) is 29.5 Å². The quantitative estimate of drug-likeness (QED) is 0.208. The van der Waals surface area contributed by atoms with E-state index in [1.807, 2.05) is 0 Å². The van der Waals surface area contributed by atoms with Gasteiger partial charge in [-0.15, -0.1) is 4.39 Å². The highest BCUT2D eigenvalue weighted by Crippen LogP contribution is 1.73. The number of halogens is 1. The summed E-state index contributed by atoms with van der Waals surface area (Å²) in [6.07, 6.45) is 0. The Bertz CT molecular complexity index is 44.9. The molecular weight excluding hydrogens is 95.1 g/mol. The first kappa shape index (κ1) is 4.78. The second-order valence-corrected chi connectivity index (χ2v) is 0.650. The Morgan fingerprint density at radius 2 is 2.20 bits per heavy atom. The van der Waals surface area contributed by atoms with E-state index in [0.717, 1.165) is 0 Å². The number of rotatable bonds is 0. The summed E-state index contributed by atoms with van der Waals surface area (Å²) in [5.41, 5.74) is 0. The van der Waals surface area contributed by atoms with Crippen LogP contribution < -0.4 is 0 Å². The molecule has 0 radical (unpaired) electrons. The largest absolute Gasteiger partial charge is 0.377 e. The first-order valence-corrected chi connectivity index (χ1v) is 1.19. The Hall–Kier alpha value is -0.220. The molecule has 0 amide bonds. The van der Waals surface area contributed by atoms with Gasteiger partial charge in [0.05, 0.1) is 0 Å². The van der Waals surface area contributed by atoms with Gasteiger partial charge in [0.2, 0.25) is 0 Å². The highest BCUT2D eigenvalue weighted by atomic mass is 32.1. The van der Waals surface area contributed by atoms with Crippen LogP contribution in [0, 0.1) is 0 Å². The summed E-state index contributed by atoms with van der Waals surface area (Å²) in [5, 5.41) is 5.77. The zero-order valence-corrected chi connectivity index (χ0v) is 2.96. The van der Waals surface area contributed by atoms with E-state index in [0.29, 0.717) is 0 Å². The average molecular weight is 96.1 g/mol. The van der Waals surface area contributed by atoms with E-state index in [9.17, 15) is 4.39 Å². The molecule has 0 bridgehead atoms. The van der Waals surface area contributed by atoms with Crippen molar-refractivity contribution in [2.75, 3.05) is 0 Å². The van der Waals surface area contributed by atoms with Crippen molar-refractivity contribution in [3.63, 3.8) is 0 Å². The van der Waals surface area contributed by atoms with Gasteiger partial charge < -0.3 is 0 Å². The lowest BCUT2D eigenvalue weighted by Gasteiger charge is -1.75. The molecule has 2 nitrogen and oxygen atoms in total. The van der Waals surface area contributed by atoms with Crippen LogP contribution in [0.15, 0.2) is 0 Å². The first-order chi connectivity index (χ1) is 2.27. The molecule has 0 heterocycles. The van der Waals surface area contributed by atoms with Gasteiger partial charge in [0.15, 0.2) is 0 Å². The van der Waals surface area contributed by atoms with Crippen LogP contribution in [0.5, 0.6) is 0 Å². The SMILES string of the molecule is OOC(F)=S. The highest BCUT2D eigenvalue weighted by molar-refractivity contribution is 7.79. The molecule has 0 rings (SSSR count). The Labute approximate surface area is 33.1 Å². The number of hydrogen-bond acceptors (Lipinski definition) is 3. The fraction of sp³-hybridized carbons (Fsp3) is 0. The summed E-state index contributed by atoms with van der Waals surface area (Å²) in [7, 11) is 0. The van der Waals surface area contributed by atoms with Crippen LogP contribution in [0.3, 0.4) is 0 Å². The van der Waals surface area contributed by atoms with Crippen molar-refractivity contribution >= 4 is 17.5 Å². The van der Waals surface area contributed by atoms with E-state index in [2.05, 4.69) is 17.1 Å². The maximum Gasteiger partial charge on any atom is 0.377 e. The average Bonchev–Trinajstić information content (AvgIpc) is 1.38. The molecule has 0 saturated carbocycles. The second-order valence-electron chi connectivity index (χ2n) is 0.329. The second kappa shape index (κ2) is 2.04. The minimum absolute atomic E-state index is 1.36. The minimum atomic E-state index is -1.36. The smallest absolute Gasteiger partial charge is 0.296 e. The molecule has 0 saturated heterocycles. The van der Waals surface area contributed by atoms with Crippen molar-refractivity contribution in [1.29, 1.82) is 0 Å². The van der Waals surface area contributed by atoms with Crippen molar-refractivity contribution < 1.29 is 14.5 Å². The van der Waals surface area contributed by atoms with Crippen LogP contribution in [-0.4, -0.2) is 10.6 Å². The number of hydrogen-bond donors (Lipinski definition) is 1. The summed E-state index contributed by atoms with van der Waals surface area (Å²) >= 11 is 3.56. The Morgan fingerprint density at radius 1 is 2.00 bits per heavy atom. The molecule has 0 unspecified atom stereocenters. The van der Waals surface area contributed by atoms with Gasteiger partial charge in [-0.1, -0.05) is 0 Å². The van der Waals surface area contributed by atoms with Gasteiger partial charge in [-0.25, -0.2) is 0 Å². The molecule has 0 fully saturated rings. The molecule has 30 valence electrons. The van der Waals surface area contributed by atoms with Crippen LogP contribution in [0.4, 0.5) is 4.39 Å². The standard InChI is InChI=1S/CHFO2S/c2-1(5)4-3/h3H. The lowest BCUT2D eigenvalue weighted by atomic mass is 11.6. The molecule has 0 aromatic heterocycles. The van der Waals surface area contributed by atoms with Gasteiger partial charge in [-0.05, 0) is 12.2 Å². The predicted octanol–water partition coefficient (Wildman–Crippen LogP) is 0.730. The van der Waals surface area contributed by atoms with E-state index in [4.69, 9.17) is 5.26 Å². The van der Waals surface area contributed by atoms with Gasteiger partial charge in [0.25, 0.3) is 0 Å². The summed E-state index contributed by atoms with van der Waals surface area (Å²) in [6, 6.07) is 0. The van der Waals surface area contributed by atoms with Crippen molar-refractivity contribution in [2.45, 2.75) is 0 Å². The third kappa shape index (κ3) is 3.78. The molecule has 0 atom stereocenters. The van der Waals surface area contributed by atoms with Crippen molar-refractivity contribution in [1.82, 2.24) is 0 Å². The van der Waals surface area contributed by atoms with Crippen LogP contribution >= 0.6 is 12.2 Å². The highest BCUT2D eigenvalue weighted by Gasteiger charge is 1.80. The molecule has 0 aliphatic heterocycles. The van der Waals surface area contributed by atoms with Gasteiger partial charge in [0, 0.05) is 0 Å². The van der Waals surface area contributed by atoms with E-state index in [1.54, 1.807) is 0 Å². The normalized spacial score (nSPS) is 6.80. The molecule has 1 N–H and O–H groups in total. The molecular formula is CHFO2S. The van der Waals surface area contributed by atoms with Gasteiger partial charge in [-0.3, -0.25) is 4.89 Å². The zero-order chi connectivity index (χ0) is 4.28. The summed E-state index contributed by atoms with van der Waals surface area (Å²) in [4.78, 5) is 2.81. The van der Waals surface area contributed by atoms with Gasteiger partial charge in [-0.2, -0.15) is 5.26 Å². The van der Waals surface area contributed by atoms with Gasteiger partial charge >= 0.3 is 5.30 Å². The van der Waals surface area contributed by atoms with Gasteiger partial charge in [0.1, 0.15) is 0 Å². The lowest BCUT2D eigenvalue weighted by Crippen LogP contribution is -1.83. The first-order valence-electron chi connectivity index (χ1n) is 0.780. The summed E-state index contributed by atoms with van der Waals surface area (Å²) < 4.78 is 10.7.